The minimum absolute atomic E-state index is 0.138. The van der Waals surface area contributed by atoms with Crippen molar-refractivity contribution in [2.24, 2.45) is 0 Å². The van der Waals surface area contributed by atoms with Crippen molar-refractivity contribution in [1.82, 2.24) is 0 Å². The Kier molecular flexibility index (Phi) is 9.16. The van der Waals surface area contributed by atoms with E-state index < -0.39 is 5.25 Å². The fraction of sp³-hybridized carbons (Fsp3) is 0.0968. The molecule has 0 aliphatic carbocycles. The third kappa shape index (κ3) is 7.85. The number of thioether (sulfide) groups is 1. The highest BCUT2D eigenvalue weighted by atomic mass is 32.2. The van der Waals surface area contributed by atoms with Gasteiger partial charge in [0.25, 0.3) is 0 Å². The Bertz CT molecular complexity index is 1340. The van der Waals surface area contributed by atoms with Crippen LogP contribution < -0.4 is 15.4 Å². The fourth-order valence-corrected chi connectivity index (χ4v) is 4.70. The molecule has 4 aromatic carbocycles. The van der Waals surface area contributed by atoms with Crippen molar-refractivity contribution in [3.05, 3.63) is 126 Å². The zero-order chi connectivity index (χ0) is 25.9. The van der Waals surface area contributed by atoms with E-state index in [1.165, 1.54) is 17.8 Å². The highest BCUT2D eigenvalue weighted by Crippen LogP contribution is 2.37. The lowest BCUT2D eigenvalue weighted by Crippen LogP contribution is -2.19. The van der Waals surface area contributed by atoms with Crippen molar-refractivity contribution in [3.8, 4) is 5.75 Å². The molecule has 1 atom stereocenters. The van der Waals surface area contributed by atoms with Gasteiger partial charge >= 0.3 is 0 Å². The standard InChI is InChI=1S/C31H28N2O3S/c1-2-36-27-19-17-25(18-20-27)33-31(35)30(24-12-7-4-8-13-24)37-28-15-9-14-26(22-28)32-29(34)21-16-23-10-5-3-6-11-23/h3-22,30H,2H2,1H3,(H,32,34)(H,33,35)/b21-16+. The molecule has 1 unspecified atom stereocenters. The van der Waals surface area contributed by atoms with Crippen LogP contribution in [0.2, 0.25) is 0 Å². The third-order valence-corrected chi connectivity index (χ3v) is 6.60. The molecule has 0 radical (unpaired) electrons. The summed E-state index contributed by atoms with van der Waals surface area (Å²) in [4.78, 5) is 26.7. The molecule has 37 heavy (non-hydrogen) atoms. The Morgan fingerprint density at radius 2 is 1.51 bits per heavy atom. The number of benzene rings is 4. The van der Waals surface area contributed by atoms with Crippen molar-refractivity contribution in [2.45, 2.75) is 17.1 Å². The lowest BCUT2D eigenvalue weighted by atomic mass is 10.1. The van der Waals surface area contributed by atoms with Gasteiger partial charge in [-0.2, -0.15) is 0 Å². The lowest BCUT2D eigenvalue weighted by molar-refractivity contribution is -0.116. The number of nitrogens with one attached hydrogen (secondary N) is 2. The average Bonchev–Trinajstić information content (AvgIpc) is 2.93. The second kappa shape index (κ2) is 13.1. The molecule has 0 spiro atoms. The van der Waals surface area contributed by atoms with Gasteiger partial charge in [0, 0.05) is 22.3 Å². The van der Waals surface area contributed by atoms with Gasteiger partial charge in [0.05, 0.1) is 6.61 Å². The minimum Gasteiger partial charge on any atom is -0.494 e. The summed E-state index contributed by atoms with van der Waals surface area (Å²) in [6.07, 6.45) is 3.27. The second-order valence-electron chi connectivity index (χ2n) is 8.12. The summed E-state index contributed by atoms with van der Waals surface area (Å²) < 4.78 is 5.49. The fourth-order valence-electron chi connectivity index (χ4n) is 3.61. The number of ether oxygens (including phenoxy) is 1. The summed E-state index contributed by atoms with van der Waals surface area (Å²) in [6, 6.07) is 34.1. The van der Waals surface area contributed by atoms with Gasteiger partial charge in [-0.1, -0.05) is 66.7 Å². The first-order valence-corrected chi connectivity index (χ1v) is 12.9. The number of anilines is 2. The lowest BCUT2D eigenvalue weighted by Gasteiger charge is -2.18. The molecule has 0 heterocycles. The number of hydrogen-bond acceptors (Lipinski definition) is 4. The molecule has 0 aliphatic heterocycles. The van der Waals surface area contributed by atoms with E-state index in [9.17, 15) is 9.59 Å². The summed E-state index contributed by atoms with van der Waals surface area (Å²) in [5.74, 6) is 0.395. The number of carbonyl (C=O) groups is 2. The van der Waals surface area contributed by atoms with Gasteiger partial charge in [-0.05, 0) is 66.6 Å². The van der Waals surface area contributed by atoms with Crippen LogP contribution in [0.25, 0.3) is 6.08 Å². The molecule has 0 saturated heterocycles. The van der Waals surface area contributed by atoms with E-state index in [4.69, 9.17) is 4.74 Å². The van der Waals surface area contributed by atoms with Crippen molar-refractivity contribution >= 4 is 41.0 Å². The van der Waals surface area contributed by atoms with Crippen LogP contribution in [0.4, 0.5) is 11.4 Å². The van der Waals surface area contributed by atoms with Crippen LogP contribution in [0.5, 0.6) is 5.75 Å². The Labute approximate surface area is 221 Å². The van der Waals surface area contributed by atoms with Crippen LogP contribution in [0.1, 0.15) is 23.3 Å². The Morgan fingerprint density at radius 1 is 0.811 bits per heavy atom. The predicted octanol–water partition coefficient (Wildman–Crippen LogP) is 7.21. The van der Waals surface area contributed by atoms with Gasteiger partial charge in [0.15, 0.2) is 0 Å². The van der Waals surface area contributed by atoms with Crippen molar-refractivity contribution in [2.75, 3.05) is 17.2 Å². The van der Waals surface area contributed by atoms with E-state index in [0.29, 0.717) is 18.0 Å². The maximum atomic E-state index is 13.4. The van der Waals surface area contributed by atoms with E-state index in [-0.39, 0.29) is 11.8 Å². The van der Waals surface area contributed by atoms with Gasteiger partial charge in [-0.25, -0.2) is 0 Å². The third-order valence-electron chi connectivity index (χ3n) is 5.36. The molecule has 6 heteroatoms. The summed E-state index contributed by atoms with van der Waals surface area (Å²) in [6.45, 7) is 2.51. The van der Waals surface area contributed by atoms with Gasteiger partial charge < -0.3 is 15.4 Å². The Hall–Kier alpha value is -4.29. The molecular formula is C31H28N2O3S. The largest absolute Gasteiger partial charge is 0.494 e. The zero-order valence-electron chi connectivity index (χ0n) is 20.5. The topological polar surface area (TPSA) is 67.4 Å². The van der Waals surface area contributed by atoms with E-state index >= 15 is 0 Å². The second-order valence-corrected chi connectivity index (χ2v) is 9.29. The van der Waals surface area contributed by atoms with Crippen LogP contribution in [-0.2, 0) is 9.59 Å². The number of rotatable bonds is 10. The van der Waals surface area contributed by atoms with Crippen LogP contribution >= 0.6 is 11.8 Å². The van der Waals surface area contributed by atoms with Crippen LogP contribution in [-0.4, -0.2) is 18.4 Å². The minimum atomic E-state index is -0.489. The van der Waals surface area contributed by atoms with Crippen molar-refractivity contribution in [1.29, 1.82) is 0 Å². The van der Waals surface area contributed by atoms with Gasteiger partial charge in [-0.3, -0.25) is 9.59 Å². The van der Waals surface area contributed by atoms with Gasteiger partial charge in [0.1, 0.15) is 11.0 Å². The smallest absolute Gasteiger partial charge is 0.248 e. The number of amides is 2. The first-order chi connectivity index (χ1) is 18.1. The maximum absolute atomic E-state index is 13.4. The maximum Gasteiger partial charge on any atom is 0.248 e. The summed E-state index contributed by atoms with van der Waals surface area (Å²) >= 11 is 1.43. The van der Waals surface area contributed by atoms with Gasteiger partial charge in [-0.15, -0.1) is 11.8 Å². The molecule has 0 bridgehead atoms. The zero-order valence-corrected chi connectivity index (χ0v) is 21.3. The number of hydrogen-bond donors (Lipinski definition) is 2. The van der Waals surface area contributed by atoms with Crippen LogP contribution in [0, 0.1) is 0 Å². The van der Waals surface area contributed by atoms with E-state index in [0.717, 1.165) is 21.8 Å². The first-order valence-electron chi connectivity index (χ1n) is 12.0. The number of carbonyl (C=O) groups excluding carboxylic acids is 2. The van der Waals surface area contributed by atoms with Crippen LogP contribution in [0.3, 0.4) is 0 Å². The Morgan fingerprint density at radius 3 is 2.22 bits per heavy atom. The normalized spacial score (nSPS) is 11.6. The highest BCUT2D eigenvalue weighted by molar-refractivity contribution is 8.00. The molecule has 186 valence electrons. The molecule has 0 fully saturated rings. The molecule has 4 aromatic rings. The Balaban J connectivity index is 1.47. The van der Waals surface area contributed by atoms with Crippen molar-refractivity contribution in [3.63, 3.8) is 0 Å². The molecule has 0 saturated carbocycles. The molecule has 2 amide bonds. The van der Waals surface area contributed by atoms with Crippen molar-refractivity contribution < 1.29 is 14.3 Å². The van der Waals surface area contributed by atoms with Crippen LogP contribution in [0.15, 0.2) is 120 Å². The highest BCUT2D eigenvalue weighted by Gasteiger charge is 2.22. The quantitative estimate of drug-likeness (QED) is 0.175. The molecule has 0 aromatic heterocycles. The van der Waals surface area contributed by atoms with E-state index in [1.54, 1.807) is 6.08 Å². The molecular weight excluding hydrogens is 480 g/mol. The summed E-state index contributed by atoms with van der Waals surface area (Å²) in [5, 5.41) is 5.42. The predicted molar refractivity (Wildman–Crippen MR) is 152 cm³/mol. The monoisotopic (exact) mass is 508 g/mol. The SMILES string of the molecule is CCOc1ccc(NC(=O)C(Sc2cccc(NC(=O)/C=C/c3ccccc3)c2)c2ccccc2)cc1. The molecule has 4 rings (SSSR count). The average molecular weight is 509 g/mol. The summed E-state index contributed by atoms with van der Waals surface area (Å²) in [7, 11) is 0. The van der Waals surface area contributed by atoms with E-state index in [2.05, 4.69) is 10.6 Å². The molecule has 2 N–H and O–H groups in total. The molecule has 5 nitrogen and oxygen atoms in total. The van der Waals surface area contributed by atoms with E-state index in [1.807, 2.05) is 116 Å². The summed E-state index contributed by atoms with van der Waals surface area (Å²) in [5.41, 5.74) is 3.19. The van der Waals surface area contributed by atoms with Gasteiger partial charge in [0.2, 0.25) is 11.8 Å². The molecule has 0 aliphatic rings. The first kappa shape index (κ1) is 25.8.